The van der Waals surface area contributed by atoms with Crippen molar-refractivity contribution in [3.8, 4) is 11.1 Å². The molecule has 2 N–H and O–H groups in total. The Balaban J connectivity index is 1.43. The van der Waals surface area contributed by atoms with Crippen molar-refractivity contribution >= 4 is 35.2 Å². The molecule has 0 spiro atoms. The zero-order chi connectivity index (χ0) is 21.5. The molecule has 0 saturated carbocycles. The number of hydrogen-bond donors (Lipinski definition) is 2. The summed E-state index contributed by atoms with van der Waals surface area (Å²) in [7, 11) is 0. The van der Waals surface area contributed by atoms with Crippen molar-refractivity contribution in [2.45, 2.75) is 12.1 Å². The first-order chi connectivity index (χ1) is 15.0. The summed E-state index contributed by atoms with van der Waals surface area (Å²) in [6.45, 7) is 0.804. The van der Waals surface area contributed by atoms with E-state index in [2.05, 4.69) is 10.6 Å². The van der Waals surface area contributed by atoms with Gasteiger partial charge in [-0.25, -0.2) is 4.39 Å². The number of fused-ring (bicyclic) bond motifs is 2. The Morgan fingerprint density at radius 3 is 2.71 bits per heavy atom. The van der Waals surface area contributed by atoms with E-state index in [1.165, 1.54) is 11.0 Å². The third-order valence-corrected chi connectivity index (χ3v) is 6.90. The molecule has 5 rings (SSSR count). The number of amides is 3. The summed E-state index contributed by atoms with van der Waals surface area (Å²) in [4.78, 5) is 42.2. The van der Waals surface area contributed by atoms with Crippen LogP contribution < -0.4 is 10.6 Å². The molecule has 3 amide bonds. The van der Waals surface area contributed by atoms with Crippen LogP contribution in [0.15, 0.2) is 42.5 Å². The van der Waals surface area contributed by atoms with Gasteiger partial charge in [-0.3, -0.25) is 19.7 Å². The predicted molar refractivity (Wildman–Crippen MR) is 116 cm³/mol. The second-order valence-corrected chi connectivity index (χ2v) is 8.83. The molecule has 0 radical (unpaired) electrons. The number of halogens is 1. The van der Waals surface area contributed by atoms with Gasteiger partial charge >= 0.3 is 0 Å². The summed E-state index contributed by atoms with van der Waals surface area (Å²) in [6.07, 6.45) is 0. The second kappa shape index (κ2) is 7.97. The van der Waals surface area contributed by atoms with Gasteiger partial charge in [-0.05, 0) is 23.8 Å². The van der Waals surface area contributed by atoms with E-state index in [0.29, 0.717) is 34.7 Å². The quantitative estimate of drug-likeness (QED) is 0.744. The smallest absolute Gasteiger partial charge is 0.256 e. The van der Waals surface area contributed by atoms with Gasteiger partial charge < -0.3 is 15.1 Å². The van der Waals surface area contributed by atoms with Crippen LogP contribution in [-0.4, -0.2) is 70.9 Å². The van der Waals surface area contributed by atoms with Crippen molar-refractivity contribution in [1.29, 1.82) is 0 Å². The molecule has 0 aliphatic carbocycles. The number of thioether (sulfide) groups is 1. The number of anilines is 1. The zero-order valence-electron chi connectivity index (χ0n) is 16.6. The van der Waals surface area contributed by atoms with Crippen LogP contribution in [0.3, 0.4) is 0 Å². The molecule has 0 unspecified atom stereocenters. The van der Waals surface area contributed by atoms with Crippen LogP contribution in [0.2, 0.25) is 0 Å². The normalized spacial score (nSPS) is 23.1. The summed E-state index contributed by atoms with van der Waals surface area (Å²) in [6, 6.07) is 10.3. The van der Waals surface area contributed by atoms with E-state index in [1.54, 1.807) is 53.1 Å². The number of carbonyl (C=O) groups excluding carboxylic acids is 3. The lowest BCUT2D eigenvalue weighted by molar-refractivity contribution is -0.137. The third-order valence-electron chi connectivity index (χ3n) is 5.96. The first kappa shape index (κ1) is 20.0. The highest BCUT2D eigenvalue weighted by Gasteiger charge is 2.41. The van der Waals surface area contributed by atoms with E-state index in [1.807, 2.05) is 0 Å². The van der Waals surface area contributed by atoms with Crippen LogP contribution in [-0.2, 0) is 9.59 Å². The fourth-order valence-electron chi connectivity index (χ4n) is 4.29. The summed E-state index contributed by atoms with van der Waals surface area (Å²) in [5.41, 5.74) is 1.68. The Hall–Kier alpha value is -2.91. The zero-order valence-corrected chi connectivity index (χ0v) is 17.5. The number of nitrogens with zero attached hydrogens (tertiary/aromatic N) is 2. The molecule has 0 bridgehead atoms. The molecule has 2 aromatic carbocycles. The Labute approximate surface area is 183 Å². The molecular weight excluding hydrogens is 419 g/mol. The third kappa shape index (κ3) is 3.57. The van der Waals surface area contributed by atoms with Gasteiger partial charge in [-0.2, -0.15) is 0 Å². The average Bonchev–Trinajstić information content (AvgIpc) is 3.30. The second-order valence-electron chi connectivity index (χ2n) is 7.80. The lowest BCUT2D eigenvalue weighted by atomic mass is 10.0. The van der Waals surface area contributed by atoms with E-state index in [4.69, 9.17) is 0 Å². The molecule has 31 heavy (non-hydrogen) atoms. The van der Waals surface area contributed by atoms with E-state index >= 15 is 0 Å². The highest BCUT2D eigenvalue weighted by Crippen LogP contribution is 2.31. The summed E-state index contributed by atoms with van der Waals surface area (Å²) < 4.78 is 14.3. The molecule has 2 aromatic rings. The first-order valence-electron chi connectivity index (χ1n) is 10.1. The van der Waals surface area contributed by atoms with Crippen LogP contribution >= 0.6 is 11.8 Å². The van der Waals surface area contributed by atoms with Gasteiger partial charge in [0.1, 0.15) is 11.9 Å². The Morgan fingerprint density at radius 1 is 1.10 bits per heavy atom. The highest BCUT2D eigenvalue weighted by molar-refractivity contribution is 7.99. The fraction of sp³-hybridized carbons (Fsp3) is 0.318. The van der Waals surface area contributed by atoms with Crippen LogP contribution in [0, 0.1) is 5.82 Å². The van der Waals surface area contributed by atoms with Gasteiger partial charge in [-0.1, -0.05) is 24.3 Å². The van der Waals surface area contributed by atoms with E-state index < -0.39 is 6.04 Å². The van der Waals surface area contributed by atoms with Crippen molar-refractivity contribution in [3.05, 3.63) is 53.8 Å². The molecule has 3 aliphatic rings. The minimum Gasteiger partial charge on any atom is -0.337 e. The Kier molecular flexibility index (Phi) is 5.15. The minimum atomic E-state index is -0.761. The van der Waals surface area contributed by atoms with Gasteiger partial charge in [0.25, 0.3) is 5.91 Å². The standard InChI is InChI=1S/C22H21FN4O3S/c23-16-4-2-1-3-14(16)13-5-6-17-15(9-13)21(29)27-8-7-26(10-19(27)20(28)25-17)22(30)18-11-31-12-24-18/h1-6,9,18-19,24H,7-8,10-12H2,(H,25,28)/t18-,19-/m0/s1. The largest absolute Gasteiger partial charge is 0.337 e. The molecular formula is C22H21FN4O3S. The molecule has 160 valence electrons. The van der Waals surface area contributed by atoms with Crippen LogP contribution in [0.1, 0.15) is 10.4 Å². The first-order valence-corrected chi connectivity index (χ1v) is 11.3. The van der Waals surface area contributed by atoms with Crippen molar-refractivity contribution in [1.82, 2.24) is 15.1 Å². The fourth-order valence-corrected chi connectivity index (χ4v) is 5.22. The van der Waals surface area contributed by atoms with Crippen molar-refractivity contribution in [2.24, 2.45) is 0 Å². The Bertz CT molecular complexity index is 1070. The molecule has 3 aliphatic heterocycles. The van der Waals surface area contributed by atoms with Crippen LogP contribution in [0.25, 0.3) is 11.1 Å². The van der Waals surface area contributed by atoms with Crippen LogP contribution in [0.5, 0.6) is 0 Å². The van der Waals surface area contributed by atoms with Crippen LogP contribution in [0.4, 0.5) is 10.1 Å². The monoisotopic (exact) mass is 440 g/mol. The molecule has 9 heteroatoms. The number of nitrogens with one attached hydrogen (secondary N) is 2. The van der Waals surface area contributed by atoms with E-state index in [-0.39, 0.29) is 42.7 Å². The maximum absolute atomic E-state index is 14.3. The maximum Gasteiger partial charge on any atom is 0.256 e. The van der Waals surface area contributed by atoms with Gasteiger partial charge in [0.2, 0.25) is 11.8 Å². The van der Waals surface area contributed by atoms with E-state index in [0.717, 1.165) is 5.88 Å². The van der Waals surface area contributed by atoms with E-state index in [9.17, 15) is 18.8 Å². The van der Waals surface area contributed by atoms with Gasteiger partial charge in [0.05, 0.1) is 23.8 Å². The number of rotatable bonds is 2. The number of piperazine rings is 1. The molecule has 7 nitrogen and oxygen atoms in total. The molecule has 2 saturated heterocycles. The van der Waals surface area contributed by atoms with Crippen molar-refractivity contribution < 1.29 is 18.8 Å². The number of benzene rings is 2. The molecule has 3 heterocycles. The molecule has 2 fully saturated rings. The molecule has 0 aromatic heterocycles. The lowest BCUT2D eigenvalue weighted by Crippen LogP contribution is -2.61. The summed E-state index contributed by atoms with van der Waals surface area (Å²) >= 11 is 1.66. The minimum absolute atomic E-state index is 0.0338. The SMILES string of the molecule is O=C1Nc2ccc(-c3ccccc3F)cc2C(=O)N2CCN(C(=O)[C@@H]3CSCN3)C[C@@H]12. The number of carbonyl (C=O) groups is 3. The molecule has 2 atom stereocenters. The predicted octanol–water partition coefficient (Wildman–Crippen LogP) is 1.76. The lowest BCUT2D eigenvalue weighted by Gasteiger charge is -2.40. The van der Waals surface area contributed by atoms with Gasteiger partial charge in [0, 0.05) is 30.3 Å². The summed E-state index contributed by atoms with van der Waals surface area (Å²) in [5, 5.41) is 5.98. The maximum atomic E-state index is 14.3. The van der Waals surface area contributed by atoms with Gasteiger partial charge in [-0.15, -0.1) is 11.8 Å². The summed E-state index contributed by atoms with van der Waals surface area (Å²) in [5.74, 6) is 0.414. The Morgan fingerprint density at radius 2 is 1.94 bits per heavy atom. The average molecular weight is 441 g/mol. The van der Waals surface area contributed by atoms with Crippen molar-refractivity contribution in [2.75, 3.05) is 36.6 Å². The highest BCUT2D eigenvalue weighted by atomic mass is 32.2. The topological polar surface area (TPSA) is 81.8 Å². The van der Waals surface area contributed by atoms with Gasteiger partial charge in [0.15, 0.2) is 0 Å². The van der Waals surface area contributed by atoms with Crippen molar-refractivity contribution in [3.63, 3.8) is 0 Å². The number of hydrogen-bond acceptors (Lipinski definition) is 5.